The molecule has 0 saturated heterocycles. The van der Waals surface area contributed by atoms with E-state index in [1.54, 1.807) is 29.5 Å². The molecule has 2 N–H and O–H groups in total. The average molecular weight is 324 g/mol. The summed E-state index contributed by atoms with van der Waals surface area (Å²) in [7, 11) is 1.88. The van der Waals surface area contributed by atoms with Crippen LogP contribution in [-0.4, -0.2) is 25.6 Å². The number of aromatic carboxylic acids is 1. The number of carboxylic acids is 1. The van der Waals surface area contributed by atoms with Gasteiger partial charge in [-0.15, -0.1) is 0 Å². The molecule has 0 aliphatic rings. The van der Waals surface area contributed by atoms with E-state index < -0.39 is 5.97 Å². The maximum absolute atomic E-state index is 11.1. The third kappa shape index (κ3) is 2.31. The molecule has 0 amide bonds. The molecule has 0 saturated carbocycles. The minimum absolute atomic E-state index is 0.224. The van der Waals surface area contributed by atoms with Gasteiger partial charge in [-0.25, -0.2) is 14.8 Å². The highest BCUT2D eigenvalue weighted by atomic mass is 32.1. The predicted octanol–water partition coefficient (Wildman–Crippen LogP) is 3.62. The highest BCUT2D eigenvalue weighted by molar-refractivity contribution is 7.22. The molecule has 0 spiro atoms. The van der Waals surface area contributed by atoms with Crippen LogP contribution in [0.15, 0.2) is 42.5 Å². The van der Waals surface area contributed by atoms with E-state index in [4.69, 9.17) is 5.11 Å². The molecule has 2 aromatic heterocycles. The van der Waals surface area contributed by atoms with Crippen molar-refractivity contribution >= 4 is 49.6 Å². The lowest BCUT2D eigenvalue weighted by Crippen LogP contribution is -1.98. The summed E-state index contributed by atoms with van der Waals surface area (Å²) in [4.78, 5) is 20.1. The number of carboxylic acid groups (broad SMARTS) is 1. The fourth-order valence-electron chi connectivity index (χ4n) is 2.47. The first-order chi connectivity index (χ1) is 11.1. The largest absolute Gasteiger partial charge is 0.478 e. The van der Waals surface area contributed by atoms with Crippen molar-refractivity contribution in [3.63, 3.8) is 0 Å². The topological polar surface area (TPSA) is 80.0 Å². The van der Waals surface area contributed by atoms with Crippen molar-refractivity contribution in [2.75, 3.05) is 5.32 Å². The standard InChI is InChI=1S/C16H12N4O2S/c1-20-12-7-6-9(14(21)22)8-11(12)17-15(20)19-16-18-10-4-2-3-5-13(10)23-16/h2-8H,1H3,(H,21,22)(H,17,18,19). The SMILES string of the molecule is Cn1c(Nc2nc3ccccc3s2)nc2cc(C(=O)O)ccc21. The molecule has 2 heterocycles. The van der Waals surface area contributed by atoms with E-state index in [1.807, 2.05) is 35.9 Å². The van der Waals surface area contributed by atoms with Gasteiger partial charge in [0.05, 0.1) is 26.8 Å². The maximum atomic E-state index is 11.1. The van der Waals surface area contributed by atoms with Crippen molar-refractivity contribution in [3.8, 4) is 0 Å². The summed E-state index contributed by atoms with van der Waals surface area (Å²) in [5, 5.41) is 13.0. The van der Waals surface area contributed by atoms with Crippen molar-refractivity contribution in [3.05, 3.63) is 48.0 Å². The minimum Gasteiger partial charge on any atom is -0.478 e. The fraction of sp³-hybridized carbons (Fsp3) is 0.0625. The van der Waals surface area contributed by atoms with Crippen LogP contribution < -0.4 is 5.32 Å². The van der Waals surface area contributed by atoms with Crippen LogP contribution in [0, 0.1) is 0 Å². The number of nitrogens with zero attached hydrogens (tertiary/aromatic N) is 3. The molecule has 0 atom stereocenters. The van der Waals surface area contributed by atoms with Gasteiger partial charge >= 0.3 is 5.97 Å². The molecule has 4 aromatic rings. The van der Waals surface area contributed by atoms with E-state index in [9.17, 15) is 4.79 Å². The lowest BCUT2D eigenvalue weighted by Gasteiger charge is -2.02. The Kier molecular flexibility index (Phi) is 3.02. The smallest absolute Gasteiger partial charge is 0.335 e. The first-order valence-electron chi connectivity index (χ1n) is 6.94. The number of aromatic nitrogens is 3. The Bertz CT molecular complexity index is 1020. The van der Waals surface area contributed by atoms with Gasteiger partial charge in [-0.3, -0.25) is 0 Å². The average Bonchev–Trinajstić information content (AvgIpc) is 3.08. The monoisotopic (exact) mass is 324 g/mol. The zero-order chi connectivity index (χ0) is 16.0. The van der Waals surface area contributed by atoms with Crippen LogP contribution in [0.5, 0.6) is 0 Å². The number of benzene rings is 2. The normalized spacial score (nSPS) is 11.2. The molecule has 6 nitrogen and oxygen atoms in total. The first kappa shape index (κ1) is 13.7. The number of nitrogens with one attached hydrogen (secondary N) is 1. The zero-order valence-electron chi connectivity index (χ0n) is 12.1. The van der Waals surface area contributed by atoms with Crippen LogP contribution in [0.3, 0.4) is 0 Å². The van der Waals surface area contributed by atoms with Gasteiger partial charge in [-0.05, 0) is 30.3 Å². The van der Waals surface area contributed by atoms with Crippen molar-refractivity contribution in [1.29, 1.82) is 0 Å². The molecule has 7 heteroatoms. The van der Waals surface area contributed by atoms with Gasteiger partial charge in [-0.1, -0.05) is 23.5 Å². The molecule has 0 fully saturated rings. The number of anilines is 2. The Balaban J connectivity index is 1.76. The van der Waals surface area contributed by atoms with Crippen LogP contribution in [0.4, 0.5) is 11.1 Å². The van der Waals surface area contributed by atoms with E-state index in [0.29, 0.717) is 11.5 Å². The van der Waals surface area contributed by atoms with Gasteiger partial charge in [-0.2, -0.15) is 0 Å². The van der Waals surface area contributed by atoms with E-state index in [0.717, 1.165) is 20.9 Å². The van der Waals surface area contributed by atoms with Crippen LogP contribution >= 0.6 is 11.3 Å². The molecule has 0 aliphatic carbocycles. The molecule has 2 aromatic carbocycles. The number of hydrogen-bond acceptors (Lipinski definition) is 5. The lowest BCUT2D eigenvalue weighted by atomic mass is 10.2. The highest BCUT2D eigenvalue weighted by Gasteiger charge is 2.12. The van der Waals surface area contributed by atoms with E-state index in [2.05, 4.69) is 15.3 Å². The minimum atomic E-state index is -0.960. The summed E-state index contributed by atoms with van der Waals surface area (Å²) in [6.45, 7) is 0. The third-order valence-corrected chi connectivity index (χ3v) is 4.59. The Morgan fingerprint density at radius 3 is 2.78 bits per heavy atom. The molecule has 0 aliphatic heterocycles. The zero-order valence-corrected chi connectivity index (χ0v) is 13.0. The second-order valence-corrected chi connectivity index (χ2v) is 6.15. The fourth-order valence-corrected chi connectivity index (χ4v) is 3.33. The Hall–Kier alpha value is -2.93. The second kappa shape index (κ2) is 5.06. The van der Waals surface area contributed by atoms with Crippen LogP contribution in [0.25, 0.3) is 21.3 Å². The Labute approximate surface area is 135 Å². The summed E-state index contributed by atoms with van der Waals surface area (Å²) < 4.78 is 2.98. The number of thiazole rings is 1. The number of imidazole rings is 1. The Morgan fingerprint density at radius 2 is 2.00 bits per heavy atom. The van der Waals surface area contributed by atoms with Crippen LogP contribution in [0.2, 0.25) is 0 Å². The van der Waals surface area contributed by atoms with Gasteiger partial charge in [0.25, 0.3) is 0 Å². The number of hydrogen-bond donors (Lipinski definition) is 2. The van der Waals surface area contributed by atoms with E-state index in [-0.39, 0.29) is 5.56 Å². The number of para-hydroxylation sites is 1. The number of carbonyl (C=O) groups is 1. The maximum Gasteiger partial charge on any atom is 0.335 e. The molecule has 23 heavy (non-hydrogen) atoms. The third-order valence-electron chi connectivity index (χ3n) is 3.64. The quantitative estimate of drug-likeness (QED) is 0.601. The van der Waals surface area contributed by atoms with Crippen molar-refractivity contribution < 1.29 is 9.90 Å². The highest BCUT2D eigenvalue weighted by Crippen LogP contribution is 2.29. The van der Waals surface area contributed by atoms with Crippen molar-refractivity contribution in [1.82, 2.24) is 14.5 Å². The van der Waals surface area contributed by atoms with Crippen LogP contribution in [-0.2, 0) is 7.05 Å². The Morgan fingerprint density at radius 1 is 1.17 bits per heavy atom. The van der Waals surface area contributed by atoms with E-state index >= 15 is 0 Å². The molecule has 0 bridgehead atoms. The van der Waals surface area contributed by atoms with E-state index in [1.165, 1.54) is 0 Å². The van der Waals surface area contributed by atoms with Gasteiger partial charge in [0, 0.05) is 7.05 Å². The number of aryl methyl sites for hydroxylation is 1. The van der Waals surface area contributed by atoms with Crippen molar-refractivity contribution in [2.24, 2.45) is 7.05 Å². The summed E-state index contributed by atoms with van der Waals surface area (Å²) >= 11 is 1.55. The first-order valence-corrected chi connectivity index (χ1v) is 7.76. The number of fused-ring (bicyclic) bond motifs is 2. The van der Waals surface area contributed by atoms with Gasteiger partial charge < -0.3 is 15.0 Å². The summed E-state index contributed by atoms with van der Waals surface area (Å²) in [6.07, 6.45) is 0. The van der Waals surface area contributed by atoms with Crippen LogP contribution in [0.1, 0.15) is 10.4 Å². The van der Waals surface area contributed by atoms with Gasteiger partial charge in [0.1, 0.15) is 0 Å². The second-order valence-electron chi connectivity index (χ2n) is 5.11. The molecule has 114 valence electrons. The van der Waals surface area contributed by atoms with Gasteiger partial charge in [0.15, 0.2) is 5.13 Å². The molecule has 4 rings (SSSR count). The molecular weight excluding hydrogens is 312 g/mol. The summed E-state index contributed by atoms with van der Waals surface area (Å²) in [5.41, 5.74) is 2.66. The molecular formula is C16H12N4O2S. The predicted molar refractivity (Wildman–Crippen MR) is 90.6 cm³/mol. The summed E-state index contributed by atoms with van der Waals surface area (Å²) in [6, 6.07) is 12.8. The summed E-state index contributed by atoms with van der Waals surface area (Å²) in [5.74, 6) is -0.333. The van der Waals surface area contributed by atoms with Gasteiger partial charge in [0.2, 0.25) is 5.95 Å². The number of rotatable bonds is 3. The van der Waals surface area contributed by atoms with Crippen molar-refractivity contribution in [2.45, 2.75) is 0 Å². The molecule has 0 radical (unpaired) electrons. The lowest BCUT2D eigenvalue weighted by molar-refractivity contribution is 0.0697. The molecule has 0 unspecified atom stereocenters.